The predicted octanol–water partition coefficient (Wildman–Crippen LogP) is 6.92. The molecule has 1 atom stereocenters. The zero-order valence-electron chi connectivity index (χ0n) is 20.6. The summed E-state index contributed by atoms with van der Waals surface area (Å²) in [6.07, 6.45) is 0. The third kappa shape index (κ3) is 6.77. The van der Waals surface area contributed by atoms with Crippen molar-refractivity contribution < 1.29 is 14.3 Å². The van der Waals surface area contributed by atoms with Crippen LogP contribution in [0.2, 0.25) is 10.0 Å². The van der Waals surface area contributed by atoms with E-state index in [2.05, 4.69) is 16.7 Å². The quantitative estimate of drug-likeness (QED) is 0.226. The van der Waals surface area contributed by atoms with Crippen LogP contribution in [0.25, 0.3) is 0 Å². The molecular formula is C30H25Cl2N3O3. The molecule has 0 fully saturated rings. The van der Waals surface area contributed by atoms with Crippen molar-refractivity contribution in [2.24, 2.45) is 0 Å². The summed E-state index contributed by atoms with van der Waals surface area (Å²) in [7, 11) is 1.53. The van der Waals surface area contributed by atoms with E-state index in [0.717, 1.165) is 5.56 Å². The van der Waals surface area contributed by atoms with Crippen LogP contribution in [0, 0.1) is 11.3 Å². The summed E-state index contributed by atoms with van der Waals surface area (Å²) in [5, 5.41) is 16.4. The Kier molecular flexibility index (Phi) is 9.10. The molecule has 0 heterocycles. The Balaban J connectivity index is 1.58. The third-order valence-corrected chi connectivity index (χ3v) is 6.56. The molecule has 6 nitrogen and oxygen atoms in total. The van der Waals surface area contributed by atoms with Crippen LogP contribution in [0.15, 0.2) is 91.0 Å². The fraction of sp³-hybridized carbons (Fsp3) is 0.133. The lowest BCUT2D eigenvalue weighted by Gasteiger charge is -2.22. The number of carbonyl (C=O) groups is 1. The summed E-state index contributed by atoms with van der Waals surface area (Å²) < 4.78 is 11.6. The Labute approximate surface area is 231 Å². The fourth-order valence-electron chi connectivity index (χ4n) is 3.80. The largest absolute Gasteiger partial charge is 0.493 e. The Morgan fingerprint density at radius 3 is 2.29 bits per heavy atom. The number of amides is 1. The van der Waals surface area contributed by atoms with E-state index in [-0.39, 0.29) is 12.5 Å². The summed E-state index contributed by atoms with van der Waals surface area (Å²) in [5.41, 5.74) is 3.54. The topological polar surface area (TPSA) is 83.4 Å². The van der Waals surface area contributed by atoms with Crippen LogP contribution < -0.4 is 20.1 Å². The minimum atomic E-state index is -0.743. The van der Waals surface area contributed by atoms with Crippen molar-refractivity contribution in [2.45, 2.75) is 19.2 Å². The first-order chi connectivity index (χ1) is 18.5. The number of nitrogens with zero attached hydrogens (tertiary/aromatic N) is 1. The van der Waals surface area contributed by atoms with Gasteiger partial charge < -0.3 is 20.1 Å². The van der Waals surface area contributed by atoms with Gasteiger partial charge >= 0.3 is 0 Å². The fourth-order valence-corrected chi connectivity index (χ4v) is 4.30. The second-order valence-electron chi connectivity index (χ2n) is 8.37. The number of rotatable bonds is 10. The van der Waals surface area contributed by atoms with Crippen LogP contribution in [0.4, 0.5) is 5.69 Å². The second-order valence-corrected chi connectivity index (χ2v) is 9.18. The summed E-state index contributed by atoms with van der Waals surface area (Å²) in [4.78, 5) is 13.4. The molecule has 4 rings (SSSR count). The lowest BCUT2D eigenvalue weighted by molar-refractivity contribution is -0.122. The number of anilines is 1. The van der Waals surface area contributed by atoms with Crippen LogP contribution in [-0.4, -0.2) is 13.0 Å². The molecule has 1 amide bonds. The van der Waals surface area contributed by atoms with Gasteiger partial charge in [0.25, 0.3) is 0 Å². The molecule has 38 heavy (non-hydrogen) atoms. The Morgan fingerprint density at radius 1 is 0.921 bits per heavy atom. The van der Waals surface area contributed by atoms with E-state index >= 15 is 0 Å². The van der Waals surface area contributed by atoms with Crippen molar-refractivity contribution in [3.8, 4) is 17.6 Å². The molecular weight excluding hydrogens is 521 g/mol. The molecule has 0 aliphatic heterocycles. The highest BCUT2D eigenvalue weighted by atomic mass is 35.5. The van der Waals surface area contributed by atoms with Gasteiger partial charge in [0.1, 0.15) is 12.6 Å². The van der Waals surface area contributed by atoms with E-state index in [1.807, 2.05) is 30.3 Å². The van der Waals surface area contributed by atoms with Crippen molar-refractivity contribution in [3.63, 3.8) is 0 Å². The Hall–Kier alpha value is -4.18. The highest BCUT2D eigenvalue weighted by molar-refractivity contribution is 6.35. The number of methoxy groups -OCH3 is 1. The van der Waals surface area contributed by atoms with E-state index in [0.29, 0.717) is 50.5 Å². The Morgan fingerprint density at radius 2 is 1.63 bits per heavy atom. The maximum atomic E-state index is 13.4. The standard InChI is InChI=1S/C30H25Cl2N3O3/c1-37-28-16-22(12-15-27(28)38-19-24-25(31)8-5-9-26(24)32)29(35-23-13-10-20(17-33)11-14-23)30(36)34-18-21-6-3-2-4-7-21/h2-16,29,35H,18-19H2,1H3,(H,34,36)/t29-/m0/s1. The zero-order chi connectivity index (χ0) is 26.9. The maximum Gasteiger partial charge on any atom is 0.247 e. The molecule has 8 heteroatoms. The van der Waals surface area contributed by atoms with Crippen LogP contribution in [0.5, 0.6) is 11.5 Å². The first kappa shape index (κ1) is 26.9. The van der Waals surface area contributed by atoms with Gasteiger partial charge in [0.05, 0.1) is 18.7 Å². The van der Waals surface area contributed by atoms with Gasteiger partial charge in [-0.25, -0.2) is 0 Å². The van der Waals surface area contributed by atoms with E-state index < -0.39 is 6.04 Å². The molecule has 4 aromatic rings. The van der Waals surface area contributed by atoms with Crippen molar-refractivity contribution in [1.82, 2.24) is 5.32 Å². The first-order valence-electron chi connectivity index (χ1n) is 11.8. The van der Waals surface area contributed by atoms with Gasteiger partial charge in [-0.2, -0.15) is 5.26 Å². The van der Waals surface area contributed by atoms with Gasteiger partial charge in [-0.15, -0.1) is 0 Å². The van der Waals surface area contributed by atoms with Crippen molar-refractivity contribution >= 4 is 34.8 Å². The minimum absolute atomic E-state index is 0.151. The number of benzene rings is 4. The molecule has 0 bridgehead atoms. The highest BCUT2D eigenvalue weighted by Gasteiger charge is 2.22. The molecule has 0 spiro atoms. The van der Waals surface area contributed by atoms with E-state index in [1.54, 1.807) is 60.7 Å². The molecule has 192 valence electrons. The predicted molar refractivity (Wildman–Crippen MR) is 150 cm³/mol. The van der Waals surface area contributed by atoms with Gasteiger partial charge in [0, 0.05) is 27.8 Å². The molecule has 0 aliphatic carbocycles. The minimum Gasteiger partial charge on any atom is -0.493 e. The maximum absolute atomic E-state index is 13.4. The summed E-state index contributed by atoms with van der Waals surface area (Å²) >= 11 is 12.5. The number of halogens is 2. The second kappa shape index (κ2) is 12.9. The molecule has 2 N–H and O–H groups in total. The first-order valence-corrected chi connectivity index (χ1v) is 12.6. The normalized spacial score (nSPS) is 11.2. The number of carbonyl (C=O) groups excluding carboxylic acids is 1. The molecule has 0 radical (unpaired) electrons. The van der Waals surface area contributed by atoms with Gasteiger partial charge in [-0.05, 0) is 59.7 Å². The number of nitriles is 1. The van der Waals surface area contributed by atoms with E-state index in [1.165, 1.54) is 7.11 Å². The van der Waals surface area contributed by atoms with Crippen molar-refractivity contribution in [2.75, 3.05) is 12.4 Å². The monoisotopic (exact) mass is 545 g/mol. The third-order valence-electron chi connectivity index (χ3n) is 5.85. The van der Waals surface area contributed by atoms with Gasteiger partial charge in [0.15, 0.2) is 11.5 Å². The lowest BCUT2D eigenvalue weighted by Crippen LogP contribution is -2.33. The molecule has 4 aromatic carbocycles. The number of hydrogen-bond donors (Lipinski definition) is 2. The SMILES string of the molecule is COc1cc([C@H](Nc2ccc(C#N)cc2)C(=O)NCc2ccccc2)ccc1OCc1c(Cl)cccc1Cl. The number of hydrogen-bond acceptors (Lipinski definition) is 5. The van der Waals surface area contributed by atoms with E-state index in [4.69, 9.17) is 37.9 Å². The molecule has 0 aliphatic rings. The van der Waals surface area contributed by atoms with Gasteiger partial charge in [0.2, 0.25) is 5.91 Å². The average molecular weight is 546 g/mol. The number of ether oxygens (including phenoxy) is 2. The van der Waals surface area contributed by atoms with Crippen molar-refractivity contribution in [1.29, 1.82) is 5.26 Å². The summed E-state index contributed by atoms with van der Waals surface area (Å²) in [6, 6.07) is 28.5. The summed E-state index contributed by atoms with van der Waals surface area (Å²) in [5.74, 6) is 0.707. The summed E-state index contributed by atoms with van der Waals surface area (Å²) in [6.45, 7) is 0.529. The van der Waals surface area contributed by atoms with Crippen LogP contribution in [-0.2, 0) is 17.9 Å². The molecule has 0 saturated heterocycles. The van der Waals surface area contributed by atoms with Crippen molar-refractivity contribution in [3.05, 3.63) is 123 Å². The van der Waals surface area contributed by atoms with Crippen LogP contribution in [0.1, 0.15) is 28.3 Å². The zero-order valence-corrected chi connectivity index (χ0v) is 22.1. The highest BCUT2D eigenvalue weighted by Crippen LogP contribution is 2.34. The van der Waals surface area contributed by atoms with Crippen LogP contribution in [0.3, 0.4) is 0 Å². The molecule has 0 unspecified atom stereocenters. The lowest BCUT2D eigenvalue weighted by atomic mass is 10.0. The average Bonchev–Trinajstić information content (AvgIpc) is 2.95. The van der Waals surface area contributed by atoms with Gasteiger partial charge in [-0.3, -0.25) is 4.79 Å². The molecule has 0 aromatic heterocycles. The number of nitrogens with one attached hydrogen (secondary N) is 2. The van der Waals surface area contributed by atoms with Gasteiger partial charge in [-0.1, -0.05) is 65.7 Å². The smallest absolute Gasteiger partial charge is 0.247 e. The van der Waals surface area contributed by atoms with Crippen LogP contribution >= 0.6 is 23.2 Å². The van der Waals surface area contributed by atoms with E-state index in [9.17, 15) is 4.79 Å². The molecule has 0 saturated carbocycles. The Bertz CT molecular complexity index is 1420.